The van der Waals surface area contributed by atoms with E-state index in [-0.39, 0.29) is 23.3 Å². The Morgan fingerprint density at radius 3 is 2.44 bits per heavy atom. The number of aryl methyl sites for hydroxylation is 1. The summed E-state index contributed by atoms with van der Waals surface area (Å²) < 4.78 is 39.0. The summed E-state index contributed by atoms with van der Waals surface area (Å²) in [7, 11) is -2.06. The molecule has 102 valence electrons. The topological polar surface area (TPSA) is 49.4 Å². The van der Waals surface area contributed by atoms with Crippen LogP contribution in [0.5, 0.6) is 0 Å². The minimum absolute atomic E-state index is 0. The summed E-state index contributed by atoms with van der Waals surface area (Å²) in [6, 6.07) is 3.96. The number of benzene rings is 1. The predicted molar refractivity (Wildman–Crippen MR) is 70.0 cm³/mol. The molecular formula is C11H16ClFN2O2S. The zero-order valence-corrected chi connectivity index (χ0v) is 11.8. The maximum atomic E-state index is 13.4. The molecular weight excluding hydrogens is 279 g/mol. The first-order valence-corrected chi connectivity index (χ1v) is 6.82. The average Bonchev–Trinajstić information content (AvgIpc) is 2.19. The summed E-state index contributed by atoms with van der Waals surface area (Å²) in [4.78, 5) is 0.00926. The van der Waals surface area contributed by atoms with E-state index in [1.807, 2.05) is 0 Å². The zero-order chi connectivity index (χ0) is 12.6. The summed E-state index contributed by atoms with van der Waals surface area (Å²) in [5.74, 6) is -0.494. The van der Waals surface area contributed by atoms with Gasteiger partial charge in [-0.25, -0.2) is 12.8 Å². The Morgan fingerprint density at radius 1 is 1.39 bits per heavy atom. The Bertz CT molecular complexity index is 532. The van der Waals surface area contributed by atoms with E-state index >= 15 is 0 Å². The molecule has 0 spiro atoms. The molecule has 0 saturated carbocycles. The molecule has 1 saturated heterocycles. The van der Waals surface area contributed by atoms with Gasteiger partial charge in [0.2, 0.25) is 10.0 Å². The monoisotopic (exact) mass is 294 g/mol. The molecule has 1 aromatic rings. The van der Waals surface area contributed by atoms with Gasteiger partial charge in [-0.3, -0.25) is 0 Å². The van der Waals surface area contributed by atoms with Gasteiger partial charge in [0.25, 0.3) is 0 Å². The largest absolute Gasteiger partial charge is 0.313 e. The first-order chi connectivity index (χ1) is 7.93. The van der Waals surface area contributed by atoms with Crippen LogP contribution in [-0.2, 0) is 10.0 Å². The van der Waals surface area contributed by atoms with E-state index < -0.39 is 15.8 Å². The fraction of sp³-hybridized carbons (Fsp3) is 0.455. The van der Waals surface area contributed by atoms with Crippen LogP contribution in [0.2, 0.25) is 0 Å². The van der Waals surface area contributed by atoms with Crippen molar-refractivity contribution in [2.24, 2.45) is 0 Å². The van der Waals surface area contributed by atoms with Gasteiger partial charge in [0.1, 0.15) is 5.82 Å². The van der Waals surface area contributed by atoms with Gasteiger partial charge in [-0.2, -0.15) is 4.31 Å². The van der Waals surface area contributed by atoms with E-state index in [1.54, 1.807) is 6.92 Å². The van der Waals surface area contributed by atoms with Crippen molar-refractivity contribution in [1.82, 2.24) is 9.62 Å². The molecule has 0 amide bonds. The lowest BCUT2D eigenvalue weighted by atomic mass is 10.2. The van der Waals surface area contributed by atoms with Gasteiger partial charge in [0.05, 0.1) is 4.90 Å². The Kier molecular flexibility index (Phi) is 4.72. The minimum Gasteiger partial charge on any atom is -0.313 e. The van der Waals surface area contributed by atoms with Crippen LogP contribution in [0.4, 0.5) is 4.39 Å². The second kappa shape index (κ2) is 5.52. The highest BCUT2D eigenvalue weighted by Crippen LogP contribution is 2.20. The fourth-order valence-electron chi connectivity index (χ4n) is 1.63. The van der Waals surface area contributed by atoms with Gasteiger partial charge in [0.15, 0.2) is 0 Å². The van der Waals surface area contributed by atoms with Crippen molar-refractivity contribution in [3.05, 3.63) is 29.6 Å². The maximum absolute atomic E-state index is 13.4. The van der Waals surface area contributed by atoms with Crippen molar-refractivity contribution in [3.8, 4) is 0 Å². The average molecular weight is 295 g/mol. The third-order valence-corrected chi connectivity index (χ3v) is 5.00. The number of likely N-dealkylation sites (N-methyl/N-ethyl adjacent to an activating group) is 1. The van der Waals surface area contributed by atoms with E-state index in [4.69, 9.17) is 0 Å². The van der Waals surface area contributed by atoms with Gasteiger partial charge in [-0.15, -0.1) is 12.4 Å². The first kappa shape index (κ1) is 15.4. The highest BCUT2D eigenvalue weighted by molar-refractivity contribution is 7.89. The maximum Gasteiger partial charge on any atom is 0.243 e. The second-order valence-corrected chi connectivity index (χ2v) is 6.24. The number of hydrogen-bond acceptors (Lipinski definition) is 3. The normalized spacial score (nSPS) is 16.2. The number of hydrogen-bond donors (Lipinski definition) is 1. The molecule has 1 fully saturated rings. The Balaban J connectivity index is 0.00000162. The zero-order valence-electron chi connectivity index (χ0n) is 10.2. The quantitative estimate of drug-likeness (QED) is 0.910. The van der Waals surface area contributed by atoms with Crippen LogP contribution in [-0.4, -0.2) is 38.9 Å². The molecule has 1 N–H and O–H groups in total. The Morgan fingerprint density at radius 2 is 2.00 bits per heavy atom. The Hall–Kier alpha value is -0.690. The van der Waals surface area contributed by atoms with Crippen molar-refractivity contribution < 1.29 is 12.8 Å². The molecule has 0 radical (unpaired) electrons. The summed E-state index contributed by atoms with van der Waals surface area (Å²) in [5.41, 5.74) is 0.442. The second-order valence-electron chi connectivity index (χ2n) is 4.24. The number of sulfonamides is 1. The van der Waals surface area contributed by atoms with E-state index in [1.165, 1.54) is 23.5 Å². The smallest absolute Gasteiger partial charge is 0.243 e. The van der Waals surface area contributed by atoms with Crippen molar-refractivity contribution in [2.45, 2.75) is 17.9 Å². The lowest BCUT2D eigenvalue weighted by molar-refractivity contribution is 0.274. The van der Waals surface area contributed by atoms with E-state index in [0.717, 1.165) is 6.07 Å². The molecule has 4 nitrogen and oxygen atoms in total. The van der Waals surface area contributed by atoms with Gasteiger partial charge in [-0.05, 0) is 24.6 Å². The molecule has 0 aliphatic carbocycles. The molecule has 7 heteroatoms. The fourth-order valence-corrected chi connectivity index (χ4v) is 2.99. The molecule has 2 rings (SSSR count). The Labute approximate surface area is 113 Å². The highest BCUT2D eigenvalue weighted by atomic mass is 35.5. The van der Waals surface area contributed by atoms with Crippen LogP contribution >= 0.6 is 12.4 Å². The standard InChI is InChI=1S/C11H15FN2O2S.ClH/c1-8-3-4-10(5-11(8)12)17(15,16)14(2)9-6-13-7-9;/h3-5,9,13H,6-7H2,1-2H3;1H. The molecule has 0 aromatic heterocycles. The van der Waals surface area contributed by atoms with Crippen molar-refractivity contribution in [1.29, 1.82) is 0 Å². The van der Waals surface area contributed by atoms with Crippen LogP contribution in [0.25, 0.3) is 0 Å². The summed E-state index contributed by atoms with van der Waals surface area (Å²) in [6.45, 7) is 2.89. The lowest BCUT2D eigenvalue weighted by Crippen LogP contribution is -2.57. The number of halogens is 2. The van der Waals surface area contributed by atoms with E-state index in [2.05, 4.69) is 5.32 Å². The molecule has 0 unspecified atom stereocenters. The molecule has 1 heterocycles. The SMILES string of the molecule is Cc1ccc(S(=O)(=O)N(C)C2CNC2)cc1F.Cl. The molecule has 18 heavy (non-hydrogen) atoms. The number of nitrogens with one attached hydrogen (secondary N) is 1. The van der Waals surface area contributed by atoms with Crippen LogP contribution in [0.1, 0.15) is 5.56 Å². The van der Waals surface area contributed by atoms with Crippen molar-refractivity contribution in [2.75, 3.05) is 20.1 Å². The van der Waals surface area contributed by atoms with E-state index in [0.29, 0.717) is 18.7 Å². The third-order valence-electron chi connectivity index (χ3n) is 3.09. The minimum atomic E-state index is -3.58. The van der Waals surface area contributed by atoms with Crippen molar-refractivity contribution in [3.63, 3.8) is 0 Å². The lowest BCUT2D eigenvalue weighted by Gasteiger charge is -2.34. The molecule has 0 bridgehead atoms. The molecule has 0 atom stereocenters. The van der Waals surface area contributed by atoms with Crippen LogP contribution in [0.3, 0.4) is 0 Å². The highest BCUT2D eigenvalue weighted by Gasteiger charge is 2.31. The predicted octanol–water partition coefficient (Wildman–Crippen LogP) is 1.15. The van der Waals surface area contributed by atoms with Crippen LogP contribution in [0, 0.1) is 12.7 Å². The number of nitrogens with zero attached hydrogens (tertiary/aromatic N) is 1. The van der Waals surface area contributed by atoms with Gasteiger partial charge in [0, 0.05) is 26.2 Å². The molecule has 1 aliphatic rings. The van der Waals surface area contributed by atoms with Crippen molar-refractivity contribution >= 4 is 22.4 Å². The first-order valence-electron chi connectivity index (χ1n) is 5.38. The van der Waals surface area contributed by atoms with Crippen LogP contribution < -0.4 is 5.32 Å². The summed E-state index contributed by atoms with van der Waals surface area (Å²) in [5, 5.41) is 3.01. The molecule has 1 aliphatic heterocycles. The van der Waals surface area contributed by atoms with Gasteiger partial charge < -0.3 is 5.32 Å². The molecule has 1 aromatic carbocycles. The summed E-state index contributed by atoms with van der Waals surface area (Å²) >= 11 is 0. The summed E-state index contributed by atoms with van der Waals surface area (Å²) in [6.07, 6.45) is 0. The third kappa shape index (κ3) is 2.66. The van der Waals surface area contributed by atoms with Crippen LogP contribution in [0.15, 0.2) is 23.1 Å². The number of rotatable bonds is 3. The van der Waals surface area contributed by atoms with Gasteiger partial charge >= 0.3 is 0 Å². The van der Waals surface area contributed by atoms with Gasteiger partial charge in [-0.1, -0.05) is 6.07 Å². The van der Waals surface area contributed by atoms with E-state index in [9.17, 15) is 12.8 Å².